The summed E-state index contributed by atoms with van der Waals surface area (Å²) in [5.41, 5.74) is 0.550. The van der Waals surface area contributed by atoms with E-state index in [4.69, 9.17) is 8.22 Å². The van der Waals surface area contributed by atoms with Gasteiger partial charge in [-0.05, 0) is 0 Å². The van der Waals surface area contributed by atoms with Crippen LogP contribution >= 0.6 is 0 Å². The first-order chi connectivity index (χ1) is 7.76. The van der Waals surface area contributed by atoms with Crippen molar-refractivity contribution < 1.29 is 8.22 Å². The van der Waals surface area contributed by atoms with Crippen molar-refractivity contribution in [2.75, 3.05) is 0 Å². The van der Waals surface area contributed by atoms with Gasteiger partial charge in [0.15, 0.2) is 0 Å². The van der Waals surface area contributed by atoms with Gasteiger partial charge in [-0.15, -0.1) is 0 Å². The summed E-state index contributed by atoms with van der Waals surface area (Å²) in [6.45, 7) is 3.07. The SMILES string of the molecule is [2H]C([2H])([2H])c1[se]c(C(C)(C)C)c(C)c1C([2H])([2H])[2H]. The fraction of sp³-hybridized carbons (Fsp3) is 0.636. The molecule has 68 valence electrons. The van der Waals surface area contributed by atoms with E-state index in [1.54, 1.807) is 6.92 Å². The van der Waals surface area contributed by atoms with Gasteiger partial charge < -0.3 is 0 Å². The predicted octanol–water partition coefficient (Wildman–Crippen LogP) is 2.97. The van der Waals surface area contributed by atoms with E-state index >= 15 is 0 Å². The van der Waals surface area contributed by atoms with Gasteiger partial charge in [-0.2, -0.15) is 0 Å². The molecule has 0 atom stereocenters. The molecule has 0 amide bonds. The zero-order valence-electron chi connectivity index (χ0n) is 13.9. The van der Waals surface area contributed by atoms with Gasteiger partial charge in [0.25, 0.3) is 0 Å². The Morgan fingerprint density at radius 3 is 2.17 bits per heavy atom. The second-order valence-electron chi connectivity index (χ2n) is 4.01. The van der Waals surface area contributed by atoms with Crippen molar-refractivity contribution in [2.24, 2.45) is 0 Å². The molecule has 1 aromatic rings. The summed E-state index contributed by atoms with van der Waals surface area (Å²) < 4.78 is 46.4. The van der Waals surface area contributed by atoms with Gasteiger partial charge in [-0.1, -0.05) is 0 Å². The first-order valence-electron chi connectivity index (χ1n) is 6.91. The maximum atomic E-state index is 7.57. The summed E-state index contributed by atoms with van der Waals surface area (Å²) in [5.74, 6) is 0. The zero-order valence-corrected chi connectivity index (χ0v) is 9.62. The summed E-state index contributed by atoms with van der Waals surface area (Å²) in [5, 5.41) is 0. The molecule has 0 saturated carbocycles. The van der Waals surface area contributed by atoms with Crippen molar-refractivity contribution in [3.05, 3.63) is 20.0 Å². The molecular formula is C11H18Se. The quantitative estimate of drug-likeness (QED) is 0.606. The molecule has 0 aromatic carbocycles. The maximum absolute atomic E-state index is 7.57. The molecule has 1 rings (SSSR count). The third-order valence-electron chi connectivity index (χ3n) is 1.83. The van der Waals surface area contributed by atoms with Crippen LogP contribution in [-0.4, -0.2) is 14.5 Å². The van der Waals surface area contributed by atoms with Gasteiger partial charge in [-0.25, -0.2) is 0 Å². The van der Waals surface area contributed by atoms with Crippen molar-refractivity contribution in [2.45, 2.75) is 46.8 Å². The molecule has 0 radical (unpaired) electrons. The van der Waals surface area contributed by atoms with Gasteiger partial charge in [0.2, 0.25) is 0 Å². The third kappa shape index (κ3) is 1.67. The van der Waals surface area contributed by atoms with Crippen molar-refractivity contribution in [3.63, 3.8) is 0 Å². The number of hydrogen-bond donors (Lipinski definition) is 0. The molecule has 0 bridgehead atoms. The molecule has 1 heterocycles. The summed E-state index contributed by atoms with van der Waals surface area (Å²) in [4.78, 5) is 0. The fourth-order valence-corrected chi connectivity index (χ4v) is 3.37. The van der Waals surface area contributed by atoms with Gasteiger partial charge in [0.1, 0.15) is 0 Å². The van der Waals surface area contributed by atoms with Crippen molar-refractivity contribution in [1.29, 1.82) is 0 Å². The number of aryl methyl sites for hydroxylation is 1. The molecule has 0 fully saturated rings. The second kappa shape index (κ2) is 3.05. The average molecular weight is 235 g/mol. The molecule has 1 heteroatoms. The van der Waals surface area contributed by atoms with E-state index in [0.29, 0.717) is 5.56 Å². The van der Waals surface area contributed by atoms with Crippen LogP contribution in [0.3, 0.4) is 0 Å². The minimum atomic E-state index is -2.34. The summed E-state index contributed by atoms with van der Waals surface area (Å²) in [7, 11) is 0. The second-order valence-corrected chi connectivity index (χ2v) is 6.15. The van der Waals surface area contributed by atoms with E-state index in [-0.39, 0.29) is 15.4 Å². The Kier molecular flexibility index (Phi) is 1.14. The Balaban J connectivity index is 3.63. The summed E-state index contributed by atoms with van der Waals surface area (Å²) in [6, 6.07) is 0. The van der Waals surface area contributed by atoms with E-state index in [1.807, 2.05) is 20.8 Å². The predicted molar refractivity (Wildman–Crippen MR) is 56.3 cm³/mol. The normalized spacial score (nSPS) is 21.7. The molecule has 0 aliphatic carbocycles. The zero-order chi connectivity index (χ0) is 14.5. The molecule has 0 spiro atoms. The molecule has 0 aliphatic heterocycles. The Bertz CT molecular complexity index is 444. The van der Waals surface area contributed by atoms with Crippen molar-refractivity contribution in [1.82, 2.24) is 0 Å². The van der Waals surface area contributed by atoms with Crippen LogP contribution in [0.15, 0.2) is 0 Å². The van der Waals surface area contributed by atoms with Gasteiger partial charge in [0.05, 0.1) is 0 Å². The first kappa shape index (κ1) is 4.48. The number of hydrogen-bond acceptors (Lipinski definition) is 0. The molecule has 0 aliphatic rings. The topological polar surface area (TPSA) is 0 Å². The van der Waals surface area contributed by atoms with E-state index in [0.717, 1.165) is 4.44 Å². The summed E-state index contributed by atoms with van der Waals surface area (Å²) >= 11 is -0.392. The van der Waals surface area contributed by atoms with E-state index in [2.05, 4.69) is 0 Å². The Morgan fingerprint density at radius 2 is 1.83 bits per heavy atom. The molecule has 0 N–H and O–H groups in total. The van der Waals surface area contributed by atoms with Gasteiger partial charge in [-0.3, -0.25) is 0 Å². The number of rotatable bonds is 0. The van der Waals surface area contributed by atoms with Crippen molar-refractivity contribution in [3.8, 4) is 0 Å². The Hall–Kier alpha value is -0.000519. The van der Waals surface area contributed by atoms with Crippen LogP contribution in [0, 0.1) is 20.6 Å². The molecular weight excluding hydrogens is 211 g/mol. The van der Waals surface area contributed by atoms with Gasteiger partial charge >= 0.3 is 89.5 Å². The van der Waals surface area contributed by atoms with Crippen LogP contribution in [0.1, 0.15) is 49.0 Å². The minimum absolute atomic E-state index is 0.0763. The fourth-order valence-electron chi connectivity index (χ4n) is 1.23. The molecule has 1 aromatic heterocycles. The first-order valence-corrected chi connectivity index (χ1v) is 5.62. The van der Waals surface area contributed by atoms with E-state index in [1.165, 1.54) is 0 Å². The van der Waals surface area contributed by atoms with Crippen LogP contribution in [0.5, 0.6) is 0 Å². The molecule has 0 nitrogen and oxygen atoms in total. The van der Waals surface area contributed by atoms with E-state index in [9.17, 15) is 0 Å². The summed E-state index contributed by atoms with van der Waals surface area (Å²) in [6.07, 6.45) is 0. The Labute approximate surface area is 90.2 Å². The van der Waals surface area contributed by atoms with Crippen LogP contribution < -0.4 is 0 Å². The van der Waals surface area contributed by atoms with Crippen LogP contribution in [-0.2, 0) is 5.41 Å². The van der Waals surface area contributed by atoms with Crippen molar-refractivity contribution >= 4 is 14.5 Å². The monoisotopic (exact) mass is 236 g/mol. The molecule has 12 heavy (non-hydrogen) atoms. The van der Waals surface area contributed by atoms with Crippen LogP contribution in [0.2, 0.25) is 0 Å². The third-order valence-corrected chi connectivity index (χ3v) is 5.04. The van der Waals surface area contributed by atoms with Crippen LogP contribution in [0.25, 0.3) is 0 Å². The van der Waals surface area contributed by atoms with E-state index < -0.39 is 28.2 Å². The average Bonchev–Trinajstić information content (AvgIpc) is 2.39. The molecule has 0 unspecified atom stereocenters. The Morgan fingerprint density at radius 1 is 1.17 bits per heavy atom. The van der Waals surface area contributed by atoms with Crippen LogP contribution in [0.4, 0.5) is 0 Å². The molecule has 0 saturated heterocycles. The van der Waals surface area contributed by atoms with Gasteiger partial charge in [0, 0.05) is 0 Å². The standard InChI is InChI=1S/C11H18Se/c1-7-8(2)10(11(4,5)6)12-9(7)3/h1-6H3/i1D3,3D3.